The van der Waals surface area contributed by atoms with Gasteiger partial charge in [-0.3, -0.25) is 0 Å². The van der Waals surface area contributed by atoms with Crippen molar-refractivity contribution in [3.05, 3.63) is 29.1 Å². The van der Waals surface area contributed by atoms with Crippen molar-refractivity contribution >= 4 is 0 Å². The summed E-state index contributed by atoms with van der Waals surface area (Å²) in [6.45, 7) is 1.64. The van der Waals surface area contributed by atoms with Crippen molar-refractivity contribution in [1.82, 2.24) is 30.4 Å². The van der Waals surface area contributed by atoms with Crippen LogP contribution in [-0.2, 0) is 26.1 Å². The third kappa shape index (κ3) is 3.86. The van der Waals surface area contributed by atoms with Crippen LogP contribution in [0.5, 0.6) is 11.5 Å². The summed E-state index contributed by atoms with van der Waals surface area (Å²) in [4.78, 5) is 1.89. The first-order valence-electron chi connectivity index (χ1n) is 8.95. The van der Waals surface area contributed by atoms with Gasteiger partial charge in [0.15, 0.2) is 17.3 Å². The Morgan fingerprint density at radius 1 is 1.22 bits per heavy atom. The standard InChI is InChI=1S/C17H22F2N6O2/c1-24(2)10-12-4-3-11(15-16(12)27-17(18,19)26-15)9-20-13-5-6-14-21-22-23-25(14)8-7-13/h3-4,13,20H,5-10H2,1-2H3. The molecule has 0 radical (unpaired) electrons. The van der Waals surface area contributed by atoms with Crippen molar-refractivity contribution in [2.75, 3.05) is 14.1 Å². The van der Waals surface area contributed by atoms with Crippen LogP contribution < -0.4 is 14.8 Å². The van der Waals surface area contributed by atoms with Gasteiger partial charge in [0.25, 0.3) is 0 Å². The molecule has 0 saturated heterocycles. The number of benzene rings is 1. The summed E-state index contributed by atoms with van der Waals surface area (Å²) in [7, 11) is 3.74. The van der Waals surface area contributed by atoms with Crippen LogP contribution in [0.1, 0.15) is 29.8 Å². The topological polar surface area (TPSA) is 77.3 Å². The number of nitrogens with one attached hydrogen (secondary N) is 1. The van der Waals surface area contributed by atoms with E-state index in [0.29, 0.717) is 24.2 Å². The zero-order valence-electron chi connectivity index (χ0n) is 15.3. The summed E-state index contributed by atoms with van der Waals surface area (Å²) in [6, 6.07) is 3.87. The Bertz CT molecular complexity index is 803. The smallest absolute Gasteiger partial charge is 0.395 e. The van der Waals surface area contributed by atoms with Crippen LogP contribution in [0.2, 0.25) is 0 Å². The van der Waals surface area contributed by atoms with Gasteiger partial charge in [0, 0.05) is 43.2 Å². The predicted octanol–water partition coefficient (Wildman–Crippen LogP) is 1.55. The number of aryl methyl sites for hydroxylation is 2. The first-order chi connectivity index (χ1) is 12.9. The number of halogens is 2. The number of hydrogen-bond acceptors (Lipinski definition) is 7. The monoisotopic (exact) mass is 380 g/mol. The second kappa shape index (κ2) is 7.01. The fourth-order valence-electron chi connectivity index (χ4n) is 3.49. The maximum absolute atomic E-state index is 13.7. The number of hydrogen-bond donors (Lipinski definition) is 1. The van der Waals surface area contributed by atoms with E-state index in [1.165, 1.54) is 0 Å². The highest BCUT2D eigenvalue weighted by molar-refractivity contribution is 5.54. The minimum atomic E-state index is -3.63. The maximum Gasteiger partial charge on any atom is 0.586 e. The average molecular weight is 380 g/mol. The molecule has 0 bridgehead atoms. The summed E-state index contributed by atoms with van der Waals surface area (Å²) in [5.41, 5.74) is 1.33. The lowest BCUT2D eigenvalue weighted by Gasteiger charge is -2.17. The van der Waals surface area contributed by atoms with Gasteiger partial charge in [0.1, 0.15) is 0 Å². The van der Waals surface area contributed by atoms with Gasteiger partial charge in [-0.05, 0) is 37.4 Å². The van der Waals surface area contributed by atoms with Gasteiger partial charge in [-0.15, -0.1) is 13.9 Å². The van der Waals surface area contributed by atoms with Crippen molar-refractivity contribution in [3.8, 4) is 11.5 Å². The van der Waals surface area contributed by atoms with Gasteiger partial charge in [-0.1, -0.05) is 12.1 Å². The Hall–Kier alpha value is -2.33. The number of aromatic nitrogens is 4. The molecule has 0 amide bonds. The molecule has 3 heterocycles. The number of alkyl halides is 2. The Morgan fingerprint density at radius 2 is 1.96 bits per heavy atom. The van der Waals surface area contributed by atoms with Gasteiger partial charge in [0.2, 0.25) is 0 Å². The van der Waals surface area contributed by atoms with Gasteiger partial charge in [-0.2, -0.15) is 0 Å². The molecule has 0 saturated carbocycles. The van der Waals surface area contributed by atoms with Crippen LogP contribution in [0, 0.1) is 0 Å². The molecule has 10 heteroatoms. The largest absolute Gasteiger partial charge is 0.586 e. The molecule has 4 rings (SSSR count). The SMILES string of the molecule is CN(C)Cc1ccc(CNC2CCc3nnnn3CC2)c2c1OC(F)(F)O2. The molecule has 27 heavy (non-hydrogen) atoms. The molecule has 2 aliphatic heterocycles. The molecule has 1 aromatic carbocycles. The number of fused-ring (bicyclic) bond motifs is 2. The highest BCUT2D eigenvalue weighted by Gasteiger charge is 2.45. The Kier molecular flexibility index (Phi) is 4.68. The minimum Gasteiger partial charge on any atom is -0.395 e. The minimum absolute atomic E-state index is 0.124. The lowest BCUT2D eigenvalue weighted by Crippen LogP contribution is -2.29. The molecule has 0 aliphatic carbocycles. The predicted molar refractivity (Wildman–Crippen MR) is 91.4 cm³/mol. The quantitative estimate of drug-likeness (QED) is 0.843. The molecule has 1 aromatic heterocycles. The van der Waals surface area contributed by atoms with Crippen LogP contribution in [-0.4, -0.2) is 51.5 Å². The van der Waals surface area contributed by atoms with E-state index in [9.17, 15) is 8.78 Å². The number of nitrogens with zero attached hydrogens (tertiary/aromatic N) is 5. The van der Waals surface area contributed by atoms with Crippen LogP contribution in [0.15, 0.2) is 12.1 Å². The Labute approximate surface area is 155 Å². The van der Waals surface area contributed by atoms with Crippen molar-refractivity contribution in [2.45, 2.75) is 51.2 Å². The van der Waals surface area contributed by atoms with E-state index < -0.39 is 6.29 Å². The van der Waals surface area contributed by atoms with E-state index in [-0.39, 0.29) is 17.5 Å². The third-order valence-electron chi connectivity index (χ3n) is 4.80. The second-order valence-corrected chi connectivity index (χ2v) is 7.17. The summed E-state index contributed by atoms with van der Waals surface area (Å²) < 4.78 is 38.8. The lowest BCUT2D eigenvalue weighted by atomic mass is 10.1. The zero-order chi connectivity index (χ0) is 19.0. The Balaban J connectivity index is 1.47. The molecule has 1 unspecified atom stereocenters. The van der Waals surface area contributed by atoms with E-state index in [1.807, 2.05) is 35.8 Å². The van der Waals surface area contributed by atoms with Gasteiger partial charge >= 0.3 is 6.29 Å². The molecule has 2 aromatic rings. The van der Waals surface area contributed by atoms with Gasteiger partial charge in [0.05, 0.1) is 0 Å². The van der Waals surface area contributed by atoms with Crippen LogP contribution in [0.4, 0.5) is 8.78 Å². The zero-order valence-corrected chi connectivity index (χ0v) is 15.3. The van der Waals surface area contributed by atoms with Crippen LogP contribution >= 0.6 is 0 Å². The second-order valence-electron chi connectivity index (χ2n) is 7.17. The van der Waals surface area contributed by atoms with Gasteiger partial charge < -0.3 is 19.7 Å². The van der Waals surface area contributed by atoms with E-state index in [1.54, 1.807) is 0 Å². The normalized spacial score (nSPS) is 20.6. The number of ether oxygens (including phenoxy) is 2. The van der Waals surface area contributed by atoms with E-state index in [2.05, 4.69) is 20.8 Å². The lowest BCUT2D eigenvalue weighted by molar-refractivity contribution is -0.287. The van der Waals surface area contributed by atoms with Gasteiger partial charge in [-0.25, -0.2) is 4.68 Å². The Morgan fingerprint density at radius 3 is 2.74 bits per heavy atom. The van der Waals surface area contributed by atoms with Crippen molar-refractivity contribution in [3.63, 3.8) is 0 Å². The maximum atomic E-state index is 13.7. The summed E-state index contributed by atoms with van der Waals surface area (Å²) in [5, 5.41) is 15.1. The highest BCUT2D eigenvalue weighted by Crippen LogP contribution is 2.46. The molecule has 0 fully saturated rings. The molecule has 1 N–H and O–H groups in total. The molecular weight excluding hydrogens is 358 g/mol. The van der Waals surface area contributed by atoms with Crippen LogP contribution in [0.25, 0.3) is 0 Å². The third-order valence-corrected chi connectivity index (χ3v) is 4.80. The fraction of sp³-hybridized carbons (Fsp3) is 0.588. The summed E-state index contributed by atoms with van der Waals surface area (Å²) in [5.74, 6) is 1.13. The first-order valence-corrected chi connectivity index (χ1v) is 8.95. The summed E-state index contributed by atoms with van der Waals surface area (Å²) >= 11 is 0. The highest BCUT2D eigenvalue weighted by atomic mass is 19.3. The molecule has 0 spiro atoms. The molecule has 1 atom stereocenters. The van der Waals surface area contributed by atoms with E-state index in [0.717, 1.165) is 31.6 Å². The van der Waals surface area contributed by atoms with Crippen molar-refractivity contribution in [1.29, 1.82) is 0 Å². The van der Waals surface area contributed by atoms with E-state index in [4.69, 9.17) is 9.47 Å². The number of tetrazole rings is 1. The van der Waals surface area contributed by atoms with Crippen molar-refractivity contribution < 1.29 is 18.3 Å². The molecule has 8 nitrogen and oxygen atoms in total. The van der Waals surface area contributed by atoms with E-state index >= 15 is 0 Å². The molecular formula is C17H22F2N6O2. The molecule has 2 aliphatic rings. The van der Waals surface area contributed by atoms with Crippen LogP contribution in [0.3, 0.4) is 0 Å². The average Bonchev–Trinajstić information content (AvgIpc) is 3.13. The first kappa shape index (κ1) is 18.1. The van der Waals surface area contributed by atoms with Crippen molar-refractivity contribution in [2.24, 2.45) is 0 Å². The summed E-state index contributed by atoms with van der Waals surface area (Å²) in [6.07, 6.45) is -1.10. The number of rotatable bonds is 5. The fourth-order valence-corrected chi connectivity index (χ4v) is 3.49. The molecule has 146 valence electrons.